The van der Waals surface area contributed by atoms with E-state index in [0.717, 1.165) is 5.56 Å². The van der Waals surface area contributed by atoms with Crippen LogP contribution in [0.3, 0.4) is 0 Å². The van der Waals surface area contributed by atoms with Crippen molar-refractivity contribution in [2.45, 2.75) is 39.0 Å². The standard InChI is InChI=1S/C14H21NO3S/c1-5-18-13(16)12-8-6-11(7-9-12)10-15-19(17)14(2,3)4/h6-9,15H,5,10H2,1-4H3. The number of nitrogens with one attached hydrogen (secondary N) is 1. The summed E-state index contributed by atoms with van der Waals surface area (Å²) in [5.41, 5.74) is 1.51. The van der Waals surface area contributed by atoms with Gasteiger partial charge in [-0.05, 0) is 45.4 Å². The molecular formula is C14H21NO3S. The van der Waals surface area contributed by atoms with E-state index in [-0.39, 0.29) is 10.7 Å². The molecule has 0 heterocycles. The monoisotopic (exact) mass is 283 g/mol. The summed E-state index contributed by atoms with van der Waals surface area (Å²) >= 11 is -1.10. The molecule has 4 nitrogen and oxygen atoms in total. The Labute approximate surface area is 117 Å². The molecule has 1 aromatic rings. The number of hydrogen-bond donors (Lipinski definition) is 1. The molecule has 0 aliphatic rings. The Morgan fingerprint density at radius 2 is 1.89 bits per heavy atom. The van der Waals surface area contributed by atoms with E-state index >= 15 is 0 Å². The highest BCUT2D eigenvalue weighted by molar-refractivity contribution is 7.90. The molecule has 1 unspecified atom stereocenters. The fourth-order valence-electron chi connectivity index (χ4n) is 1.34. The zero-order valence-electron chi connectivity index (χ0n) is 11.9. The van der Waals surface area contributed by atoms with E-state index < -0.39 is 11.4 Å². The van der Waals surface area contributed by atoms with E-state index in [1.807, 2.05) is 32.9 Å². The Morgan fingerprint density at radius 3 is 2.37 bits per heavy atom. The molecule has 0 aliphatic carbocycles. The van der Waals surface area contributed by atoms with Gasteiger partial charge < -0.3 is 9.29 Å². The van der Waals surface area contributed by atoms with E-state index in [1.54, 1.807) is 19.1 Å². The molecule has 106 valence electrons. The van der Waals surface area contributed by atoms with Gasteiger partial charge in [-0.2, -0.15) is 0 Å². The minimum absolute atomic E-state index is 0.287. The number of hydrogen-bond acceptors (Lipinski definition) is 4. The van der Waals surface area contributed by atoms with Gasteiger partial charge in [0.15, 0.2) is 0 Å². The van der Waals surface area contributed by atoms with Gasteiger partial charge in [0, 0.05) is 11.4 Å². The third-order valence-corrected chi connectivity index (χ3v) is 3.95. The number of carbonyl (C=O) groups is 1. The van der Waals surface area contributed by atoms with Crippen molar-refractivity contribution in [2.24, 2.45) is 0 Å². The topological polar surface area (TPSA) is 61.4 Å². The van der Waals surface area contributed by atoms with E-state index in [1.165, 1.54) is 0 Å². The summed E-state index contributed by atoms with van der Waals surface area (Å²) in [6.07, 6.45) is 0. The van der Waals surface area contributed by atoms with E-state index in [2.05, 4.69) is 4.72 Å². The SMILES string of the molecule is CCOC(=O)c1ccc(CN[S+]([O-])C(C)(C)C)cc1. The first-order valence-corrected chi connectivity index (χ1v) is 7.41. The molecule has 0 amide bonds. The summed E-state index contributed by atoms with van der Waals surface area (Å²) in [5.74, 6) is -0.319. The highest BCUT2D eigenvalue weighted by Gasteiger charge is 2.25. The first-order chi connectivity index (χ1) is 8.84. The maximum Gasteiger partial charge on any atom is 0.338 e. The summed E-state index contributed by atoms with van der Waals surface area (Å²) in [7, 11) is 0. The predicted molar refractivity (Wildman–Crippen MR) is 77.1 cm³/mol. The number of carbonyl (C=O) groups excluding carboxylic acids is 1. The third kappa shape index (κ3) is 5.22. The molecule has 1 rings (SSSR count). The number of rotatable bonds is 5. The molecule has 0 fully saturated rings. The number of ether oxygens (including phenoxy) is 1. The summed E-state index contributed by atoms with van der Waals surface area (Å²) in [6.45, 7) is 8.40. The second-order valence-electron chi connectivity index (χ2n) is 5.12. The Morgan fingerprint density at radius 1 is 1.32 bits per heavy atom. The van der Waals surface area contributed by atoms with Gasteiger partial charge in [0.1, 0.15) is 4.75 Å². The van der Waals surface area contributed by atoms with Crippen LogP contribution >= 0.6 is 0 Å². The lowest BCUT2D eigenvalue weighted by molar-refractivity contribution is 0.0526. The molecule has 0 aromatic heterocycles. The van der Waals surface area contributed by atoms with Crippen LogP contribution in [0.4, 0.5) is 0 Å². The van der Waals surface area contributed by atoms with Crippen molar-refractivity contribution in [1.29, 1.82) is 0 Å². The second kappa shape index (κ2) is 6.93. The Hall–Kier alpha value is -1.04. The molecule has 0 spiro atoms. The van der Waals surface area contributed by atoms with Crippen molar-refractivity contribution in [3.8, 4) is 0 Å². The molecule has 1 N–H and O–H groups in total. The fourth-order valence-corrected chi connectivity index (χ4v) is 2.07. The fraction of sp³-hybridized carbons (Fsp3) is 0.500. The van der Waals surface area contributed by atoms with Crippen LogP contribution in [0.1, 0.15) is 43.6 Å². The van der Waals surface area contributed by atoms with Gasteiger partial charge in [0.25, 0.3) is 0 Å². The number of benzene rings is 1. The predicted octanol–water partition coefficient (Wildman–Crippen LogP) is 2.42. The minimum atomic E-state index is -1.10. The van der Waals surface area contributed by atoms with Crippen LogP contribution in [0.5, 0.6) is 0 Å². The van der Waals surface area contributed by atoms with Crippen LogP contribution in [0, 0.1) is 0 Å². The van der Waals surface area contributed by atoms with Gasteiger partial charge in [-0.1, -0.05) is 12.1 Å². The van der Waals surface area contributed by atoms with Gasteiger partial charge in [-0.3, -0.25) is 0 Å². The van der Waals surface area contributed by atoms with Crippen LogP contribution in [-0.2, 0) is 22.6 Å². The molecule has 1 atom stereocenters. The van der Waals surface area contributed by atoms with Crippen molar-refractivity contribution in [3.63, 3.8) is 0 Å². The van der Waals surface area contributed by atoms with Crippen molar-refractivity contribution in [1.82, 2.24) is 4.72 Å². The second-order valence-corrected chi connectivity index (χ2v) is 7.17. The molecule has 19 heavy (non-hydrogen) atoms. The van der Waals surface area contributed by atoms with Crippen LogP contribution in [0.15, 0.2) is 24.3 Å². The van der Waals surface area contributed by atoms with Gasteiger partial charge >= 0.3 is 5.97 Å². The van der Waals surface area contributed by atoms with E-state index in [0.29, 0.717) is 18.7 Å². The van der Waals surface area contributed by atoms with Crippen molar-refractivity contribution in [2.75, 3.05) is 6.61 Å². The molecule has 0 saturated heterocycles. The third-order valence-electron chi connectivity index (χ3n) is 2.43. The van der Waals surface area contributed by atoms with Crippen molar-refractivity contribution < 1.29 is 14.1 Å². The highest BCUT2D eigenvalue weighted by atomic mass is 32.2. The average molecular weight is 283 g/mol. The maximum atomic E-state index is 11.8. The smallest absolute Gasteiger partial charge is 0.338 e. The van der Waals surface area contributed by atoms with Gasteiger partial charge in [0.2, 0.25) is 0 Å². The van der Waals surface area contributed by atoms with Crippen LogP contribution < -0.4 is 4.72 Å². The zero-order valence-corrected chi connectivity index (χ0v) is 12.7. The van der Waals surface area contributed by atoms with Crippen LogP contribution in [-0.4, -0.2) is 21.9 Å². The van der Waals surface area contributed by atoms with E-state index in [9.17, 15) is 9.35 Å². The molecule has 5 heteroatoms. The summed E-state index contributed by atoms with van der Waals surface area (Å²) in [4.78, 5) is 11.5. The summed E-state index contributed by atoms with van der Waals surface area (Å²) in [5, 5.41) is 0. The zero-order chi connectivity index (χ0) is 14.5. The summed E-state index contributed by atoms with van der Waals surface area (Å²) < 4.78 is 19.4. The average Bonchev–Trinajstić information content (AvgIpc) is 2.35. The lowest BCUT2D eigenvalue weighted by atomic mass is 10.1. The molecule has 0 aliphatic heterocycles. The van der Waals surface area contributed by atoms with E-state index in [4.69, 9.17) is 4.74 Å². The van der Waals surface area contributed by atoms with Crippen LogP contribution in [0.2, 0.25) is 0 Å². The lowest BCUT2D eigenvalue weighted by Gasteiger charge is -2.23. The Bertz CT molecular complexity index is 412. The molecule has 0 radical (unpaired) electrons. The first-order valence-electron chi connectivity index (χ1n) is 6.26. The van der Waals surface area contributed by atoms with Gasteiger partial charge in [-0.15, -0.1) is 4.72 Å². The highest BCUT2D eigenvalue weighted by Crippen LogP contribution is 2.14. The minimum Gasteiger partial charge on any atom is -0.598 e. The lowest BCUT2D eigenvalue weighted by Crippen LogP contribution is -2.38. The maximum absolute atomic E-state index is 11.8. The number of esters is 1. The van der Waals surface area contributed by atoms with Gasteiger partial charge in [0.05, 0.1) is 18.7 Å². The largest absolute Gasteiger partial charge is 0.598 e. The summed E-state index contributed by atoms with van der Waals surface area (Å²) in [6, 6.07) is 7.10. The molecular weight excluding hydrogens is 262 g/mol. The van der Waals surface area contributed by atoms with Gasteiger partial charge in [-0.25, -0.2) is 4.79 Å². The Balaban J connectivity index is 2.56. The quantitative estimate of drug-likeness (QED) is 0.666. The normalized spacial score (nSPS) is 13.1. The Kier molecular flexibility index (Phi) is 5.85. The van der Waals surface area contributed by atoms with Crippen molar-refractivity contribution >= 4 is 17.3 Å². The first kappa shape index (κ1) is 16.0. The van der Waals surface area contributed by atoms with Crippen molar-refractivity contribution in [3.05, 3.63) is 35.4 Å². The van der Waals surface area contributed by atoms with Crippen LogP contribution in [0.25, 0.3) is 0 Å². The molecule has 1 aromatic carbocycles. The molecule has 0 saturated carbocycles. The molecule has 0 bridgehead atoms.